The Labute approximate surface area is 107 Å². The van der Waals surface area contributed by atoms with E-state index in [2.05, 4.69) is 31.0 Å². The fourth-order valence-electron chi connectivity index (χ4n) is 3.22. The largest absolute Gasteiger partial charge is 0.316 e. The minimum atomic E-state index is 0.830. The fourth-order valence-corrected chi connectivity index (χ4v) is 3.22. The second kappa shape index (κ2) is 6.19. The van der Waals surface area contributed by atoms with Gasteiger partial charge in [0.05, 0.1) is 0 Å². The summed E-state index contributed by atoms with van der Waals surface area (Å²) in [7, 11) is 0. The topological polar surface area (TPSA) is 15.3 Å². The van der Waals surface area contributed by atoms with Gasteiger partial charge < -0.3 is 10.2 Å². The van der Waals surface area contributed by atoms with Gasteiger partial charge in [-0.3, -0.25) is 0 Å². The number of rotatable bonds is 7. The zero-order valence-corrected chi connectivity index (χ0v) is 11.9. The molecule has 0 aromatic carbocycles. The second-order valence-corrected chi connectivity index (χ2v) is 6.77. The van der Waals surface area contributed by atoms with Gasteiger partial charge in [0.25, 0.3) is 0 Å². The molecule has 2 unspecified atom stereocenters. The molecule has 1 saturated heterocycles. The molecule has 0 spiro atoms. The van der Waals surface area contributed by atoms with Crippen molar-refractivity contribution in [2.75, 3.05) is 26.2 Å². The van der Waals surface area contributed by atoms with Gasteiger partial charge in [-0.05, 0) is 63.1 Å². The van der Waals surface area contributed by atoms with Crippen LogP contribution in [0.3, 0.4) is 0 Å². The molecule has 2 fully saturated rings. The lowest BCUT2D eigenvalue weighted by Crippen LogP contribution is -2.30. The smallest absolute Gasteiger partial charge is 0.00965 e. The maximum Gasteiger partial charge on any atom is 0.00965 e. The molecule has 2 aliphatic rings. The van der Waals surface area contributed by atoms with E-state index in [0.29, 0.717) is 0 Å². The number of likely N-dealkylation sites (tertiary alicyclic amines) is 1. The van der Waals surface area contributed by atoms with Gasteiger partial charge in [0, 0.05) is 12.6 Å². The molecule has 0 amide bonds. The van der Waals surface area contributed by atoms with Crippen molar-refractivity contribution in [1.82, 2.24) is 10.2 Å². The molecule has 0 aromatic heterocycles. The second-order valence-electron chi connectivity index (χ2n) is 6.77. The lowest BCUT2D eigenvalue weighted by atomic mass is 9.99. The van der Waals surface area contributed by atoms with Crippen LogP contribution in [0.4, 0.5) is 0 Å². The van der Waals surface area contributed by atoms with E-state index in [9.17, 15) is 0 Å². The van der Waals surface area contributed by atoms with Crippen molar-refractivity contribution in [3.63, 3.8) is 0 Å². The van der Waals surface area contributed by atoms with Crippen LogP contribution in [0.2, 0.25) is 0 Å². The molecular formula is C15H30N2. The predicted octanol–water partition coefficient (Wildman–Crippen LogP) is 2.74. The van der Waals surface area contributed by atoms with Gasteiger partial charge in [0.15, 0.2) is 0 Å². The highest BCUT2D eigenvalue weighted by molar-refractivity contribution is 4.89. The molecule has 100 valence electrons. The summed E-state index contributed by atoms with van der Waals surface area (Å²) in [5.74, 6) is 2.58. The van der Waals surface area contributed by atoms with Crippen LogP contribution in [0.5, 0.6) is 0 Å². The van der Waals surface area contributed by atoms with Crippen LogP contribution in [0.1, 0.15) is 46.5 Å². The highest BCUT2D eigenvalue weighted by Crippen LogP contribution is 2.31. The minimum Gasteiger partial charge on any atom is -0.316 e. The molecule has 2 nitrogen and oxygen atoms in total. The Kier molecular flexibility index (Phi) is 4.87. The molecular weight excluding hydrogens is 208 g/mol. The molecule has 1 heterocycles. The van der Waals surface area contributed by atoms with Crippen molar-refractivity contribution in [2.24, 2.45) is 17.8 Å². The van der Waals surface area contributed by atoms with Gasteiger partial charge in [-0.15, -0.1) is 0 Å². The van der Waals surface area contributed by atoms with E-state index in [1.54, 1.807) is 0 Å². The summed E-state index contributed by atoms with van der Waals surface area (Å²) in [6.07, 6.45) is 5.70. The van der Waals surface area contributed by atoms with Crippen molar-refractivity contribution in [3.05, 3.63) is 0 Å². The van der Waals surface area contributed by atoms with Crippen molar-refractivity contribution < 1.29 is 0 Å². The predicted molar refractivity (Wildman–Crippen MR) is 74.2 cm³/mol. The lowest BCUT2D eigenvalue weighted by Gasteiger charge is -2.18. The quantitative estimate of drug-likeness (QED) is 0.733. The third kappa shape index (κ3) is 4.59. The fraction of sp³-hybridized carbons (Fsp3) is 1.00. The zero-order valence-electron chi connectivity index (χ0n) is 11.9. The molecule has 0 aromatic rings. The number of hydrogen-bond donors (Lipinski definition) is 1. The molecule has 1 saturated carbocycles. The van der Waals surface area contributed by atoms with Gasteiger partial charge >= 0.3 is 0 Å². The Bertz CT molecular complexity index is 223. The average molecular weight is 238 g/mol. The van der Waals surface area contributed by atoms with Crippen LogP contribution in [0.15, 0.2) is 0 Å². The molecule has 0 bridgehead atoms. The monoisotopic (exact) mass is 238 g/mol. The first-order valence-corrected chi connectivity index (χ1v) is 7.60. The highest BCUT2D eigenvalue weighted by atomic mass is 15.2. The van der Waals surface area contributed by atoms with Crippen molar-refractivity contribution in [3.8, 4) is 0 Å². The maximum atomic E-state index is 3.69. The summed E-state index contributed by atoms with van der Waals surface area (Å²) in [5.41, 5.74) is 0. The molecule has 2 atom stereocenters. The van der Waals surface area contributed by atoms with Crippen LogP contribution >= 0.6 is 0 Å². The first kappa shape index (κ1) is 13.4. The Morgan fingerprint density at radius 2 is 1.94 bits per heavy atom. The van der Waals surface area contributed by atoms with E-state index in [1.807, 2.05) is 0 Å². The van der Waals surface area contributed by atoms with E-state index in [4.69, 9.17) is 0 Å². The van der Waals surface area contributed by atoms with Crippen molar-refractivity contribution >= 4 is 0 Å². The molecule has 1 aliphatic heterocycles. The van der Waals surface area contributed by atoms with Crippen LogP contribution in [0.25, 0.3) is 0 Å². The number of nitrogens with one attached hydrogen (secondary N) is 1. The van der Waals surface area contributed by atoms with Gasteiger partial charge in [0.2, 0.25) is 0 Å². The standard InChI is InChI=1S/C15H30N2/c1-12(2)8-13(3)9-16-10-14-6-7-17(11-14)15-4-5-15/h12-16H,4-11H2,1-3H3. The first-order chi connectivity index (χ1) is 8.15. The van der Waals surface area contributed by atoms with E-state index >= 15 is 0 Å². The molecule has 1 N–H and O–H groups in total. The van der Waals surface area contributed by atoms with Crippen LogP contribution in [-0.2, 0) is 0 Å². The molecule has 1 aliphatic carbocycles. The average Bonchev–Trinajstić information content (AvgIpc) is 2.99. The maximum absolute atomic E-state index is 3.69. The SMILES string of the molecule is CC(C)CC(C)CNCC1CCN(C2CC2)C1. The minimum absolute atomic E-state index is 0.830. The summed E-state index contributed by atoms with van der Waals surface area (Å²) in [5, 5.41) is 3.69. The van der Waals surface area contributed by atoms with Gasteiger partial charge in [-0.2, -0.15) is 0 Å². The molecule has 2 rings (SSSR count). The zero-order chi connectivity index (χ0) is 12.3. The normalized spacial score (nSPS) is 27.9. The Morgan fingerprint density at radius 3 is 2.59 bits per heavy atom. The summed E-state index contributed by atoms with van der Waals surface area (Å²) >= 11 is 0. The summed E-state index contributed by atoms with van der Waals surface area (Å²) in [6, 6.07) is 0.972. The number of hydrogen-bond acceptors (Lipinski definition) is 2. The summed E-state index contributed by atoms with van der Waals surface area (Å²) < 4.78 is 0. The summed E-state index contributed by atoms with van der Waals surface area (Å²) in [4.78, 5) is 2.71. The highest BCUT2D eigenvalue weighted by Gasteiger charge is 2.33. The molecule has 2 heteroatoms. The van der Waals surface area contributed by atoms with E-state index in [-0.39, 0.29) is 0 Å². The van der Waals surface area contributed by atoms with Gasteiger partial charge in [-0.1, -0.05) is 20.8 Å². The number of nitrogens with zero attached hydrogens (tertiary/aromatic N) is 1. The third-order valence-electron chi connectivity index (χ3n) is 4.18. The first-order valence-electron chi connectivity index (χ1n) is 7.60. The van der Waals surface area contributed by atoms with Crippen LogP contribution < -0.4 is 5.32 Å². The van der Waals surface area contributed by atoms with Gasteiger partial charge in [0.1, 0.15) is 0 Å². The Balaban J connectivity index is 1.53. The lowest BCUT2D eigenvalue weighted by molar-refractivity contribution is 0.309. The van der Waals surface area contributed by atoms with Crippen LogP contribution in [-0.4, -0.2) is 37.1 Å². The summed E-state index contributed by atoms with van der Waals surface area (Å²) in [6.45, 7) is 12.2. The van der Waals surface area contributed by atoms with Crippen molar-refractivity contribution in [1.29, 1.82) is 0 Å². The van der Waals surface area contributed by atoms with Crippen molar-refractivity contribution in [2.45, 2.75) is 52.5 Å². The molecule has 17 heavy (non-hydrogen) atoms. The third-order valence-corrected chi connectivity index (χ3v) is 4.18. The molecule has 0 radical (unpaired) electrons. The Morgan fingerprint density at radius 1 is 1.18 bits per heavy atom. The van der Waals surface area contributed by atoms with E-state index in [0.717, 1.165) is 23.8 Å². The van der Waals surface area contributed by atoms with Gasteiger partial charge in [-0.25, -0.2) is 0 Å². The van der Waals surface area contributed by atoms with E-state index in [1.165, 1.54) is 51.9 Å². The van der Waals surface area contributed by atoms with Crippen LogP contribution in [0, 0.1) is 17.8 Å². The van der Waals surface area contributed by atoms with E-state index < -0.39 is 0 Å². The Hall–Kier alpha value is -0.0800.